The van der Waals surface area contributed by atoms with Crippen LogP contribution in [0, 0.1) is 0 Å². The average Bonchev–Trinajstić information content (AvgIpc) is 2.24. The van der Waals surface area contributed by atoms with Gasteiger partial charge in [0.15, 0.2) is 6.61 Å². The molecular weight excluding hydrogens is 234 g/mol. The van der Waals surface area contributed by atoms with Crippen molar-refractivity contribution in [3.05, 3.63) is 29.8 Å². The number of carboxylic acid groups (broad SMARTS) is 1. The molecule has 5 heteroatoms. The number of hydrogen-bond donors (Lipinski definition) is 2. The maximum Gasteiger partial charge on any atom is 0.335 e. The van der Waals surface area contributed by atoms with E-state index in [1.165, 1.54) is 24.3 Å². The van der Waals surface area contributed by atoms with Crippen molar-refractivity contribution in [2.24, 2.45) is 0 Å². The lowest BCUT2D eigenvalue weighted by Crippen LogP contribution is -2.43. The molecule has 98 valence electrons. The van der Waals surface area contributed by atoms with Crippen LogP contribution in [0.3, 0.4) is 0 Å². The minimum atomic E-state index is -0.993. The number of carboxylic acids is 1. The van der Waals surface area contributed by atoms with Crippen LogP contribution in [-0.4, -0.2) is 29.1 Å². The quantitative estimate of drug-likeness (QED) is 0.853. The lowest BCUT2D eigenvalue weighted by atomic mass is 10.1. The van der Waals surface area contributed by atoms with Gasteiger partial charge in [0.05, 0.1) is 5.56 Å². The third-order valence-electron chi connectivity index (χ3n) is 1.99. The number of carbonyl (C=O) groups is 2. The molecule has 1 aromatic carbocycles. The van der Waals surface area contributed by atoms with Gasteiger partial charge < -0.3 is 15.2 Å². The van der Waals surface area contributed by atoms with Crippen LogP contribution in [0.1, 0.15) is 31.1 Å². The Labute approximate surface area is 106 Å². The normalized spacial score (nSPS) is 10.8. The Kier molecular flexibility index (Phi) is 4.31. The van der Waals surface area contributed by atoms with Gasteiger partial charge in [-0.15, -0.1) is 0 Å². The van der Waals surface area contributed by atoms with Gasteiger partial charge in [0.1, 0.15) is 5.75 Å². The number of carbonyl (C=O) groups excluding carboxylic acids is 1. The maximum atomic E-state index is 11.5. The minimum Gasteiger partial charge on any atom is -0.484 e. The van der Waals surface area contributed by atoms with Crippen LogP contribution in [0.4, 0.5) is 0 Å². The Balaban J connectivity index is 2.49. The van der Waals surface area contributed by atoms with Gasteiger partial charge in [0, 0.05) is 5.54 Å². The van der Waals surface area contributed by atoms with Gasteiger partial charge in [0.2, 0.25) is 0 Å². The first-order valence-electron chi connectivity index (χ1n) is 5.55. The molecule has 5 nitrogen and oxygen atoms in total. The van der Waals surface area contributed by atoms with E-state index < -0.39 is 5.97 Å². The van der Waals surface area contributed by atoms with Crippen molar-refractivity contribution in [2.75, 3.05) is 6.61 Å². The summed E-state index contributed by atoms with van der Waals surface area (Å²) in [5.41, 5.74) is -0.116. The smallest absolute Gasteiger partial charge is 0.335 e. The van der Waals surface area contributed by atoms with E-state index in [0.717, 1.165) is 0 Å². The van der Waals surface area contributed by atoms with Crippen molar-refractivity contribution in [1.29, 1.82) is 0 Å². The molecule has 1 amide bonds. The Hall–Kier alpha value is -2.04. The molecule has 0 bridgehead atoms. The predicted molar refractivity (Wildman–Crippen MR) is 66.8 cm³/mol. The van der Waals surface area contributed by atoms with Crippen LogP contribution in [0.2, 0.25) is 0 Å². The summed E-state index contributed by atoms with van der Waals surface area (Å²) in [6.07, 6.45) is 0. The Morgan fingerprint density at radius 3 is 2.22 bits per heavy atom. The van der Waals surface area contributed by atoms with Gasteiger partial charge >= 0.3 is 5.97 Å². The molecule has 0 saturated heterocycles. The number of amides is 1. The molecule has 0 spiro atoms. The van der Waals surface area contributed by atoms with E-state index in [-0.39, 0.29) is 23.6 Å². The molecule has 1 rings (SSSR count). The summed E-state index contributed by atoms with van der Waals surface area (Å²) in [6.45, 7) is 5.55. The first kappa shape index (κ1) is 14.0. The van der Waals surface area contributed by atoms with E-state index >= 15 is 0 Å². The van der Waals surface area contributed by atoms with Gasteiger partial charge in [0.25, 0.3) is 5.91 Å². The predicted octanol–water partition coefficient (Wildman–Crippen LogP) is 1.68. The molecule has 0 atom stereocenters. The van der Waals surface area contributed by atoms with E-state index in [0.29, 0.717) is 5.75 Å². The molecule has 0 aliphatic heterocycles. The van der Waals surface area contributed by atoms with Crippen LogP contribution in [0.25, 0.3) is 0 Å². The third kappa shape index (κ3) is 4.86. The molecule has 0 aromatic heterocycles. The van der Waals surface area contributed by atoms with Crippen LogP contribution < -0.4 is 10.1 Å². The lowest BCUT2D eigenvalue weighted by Gasteiger charge is -2.20. The van der Waals surface area contributed by atoms with E-state index in [1.54, 1.807) is 0 Å². The average molecular weight is 251 g/mol. The van der Waals surface area contributed by atoms with E-state index in [4.69, 9.17) is 9.84 Å². The second-order valence-corrected chi connectivity index (χ2v) is 4.92. The zero-order valence-electron chi connectivity index (χ0n) is 10.7. The summed E-state index contributed by atoms with van der Waals surface area (Å²) in [7, 11) is 0. The van der Waals surface area contributed by atoms with Crippen LogP contribution in [0.5, 0.6) is 5.75 Å². The third-order valence-corrected chi connectivity index (χ3v) is 1.99. The highest BCUT2D eigenvalue weighted by Crippen LogP contribution is 2.12. The zero-order valence-corrected chi connectivity index (χ0v) is 10.7. The van der Waals surface area contributed by atoms with E-state index in [2.05, 4.69) is 5.32 Å². The number of ether oxygens (including phenoxy) is 1. The molecule has 0 radical (unpaired) electrons. The summed E-state index contributed by atoms with van der Waals surface area (Å²) in [5.74, 6) is -0.749. The Morgan fingerprint density at radius 1 is 1.22 bits per heavy atom. The first-order chi connectivity index (χ1) is 8.28. The summed E-state index contributed by atoms with van der Waals surface area (Å²) in [6, 6.07) is 5.90. The van der Waals surface area contributed by atoms with Crippen molar-refractivity contribution in [3.63, 3.8) is 0 Å². The molecule has 0 fully saturated rings. The number of benzene rings is 1. The van der Waals surface area contributed by atoms with Gasteiger partial charge in [-0.3, -0.25) is 4.79 Å². The summed E-state index contributed by atoms with van der Waals surface area (Å²) in [5, 5.41) is 11.5. The molecule has 0 saturated carbocycles. The molecule has 18 heavy (non-hydrogen) atoms. The van der Waals surface area contributed by atoms with Crippen molar-refractivity contribution < 1.29 is 19.4 Å². The maximum absolute atomic E-state index is 11.5. The topological polar surface area (TPSA) is 75.6 Å². The fourth-order valence-corrected chi connectivity index (χ4v) is 1.30. The molecule has 1 aromatic rings. The van der Waals surface area contributed by atoms with E-state index in [1.807, 2.05) is 20.8 Å². The van der Waals surface area contributed by atoms with Crippen LogP contribution in [0.15, 0.2) is 24.3 Å². The van der Waals surface area contributed by atoms with Crippen LogP contribution in [-0.2, 0) is 4.79 Å². The van der Waals surface area contributed by atoms with Gasteiger partial charge in [-0.2, -0.15) is 0 Å². The number of nitrogens with one attached hydrogen (secondary N) is 1. The lowest BCUT2D eigenvalue weighted by molar-refractivity contribution is -0.124. The number of aromatic carboxylic acids is 1. The largest absolute Gasteiger partial charge is 0.484 e. The zero-order chi connectivity index (χ0) is 13.8. The first-order valence-corrected chi connectivity index (χ1v) is 5.55. The number of hydrogen-bond acceptors (Lipinski definition) is 3. The fraction of sp³-hybridized carbons (Fsp3) is 0.385. The molecule has 0 unspecified atom stereocenters. The summed E-state index contributed by atoms with van der Waals surface area (Å²) < 4.78 is 5.24. The van der Waals surface area contributed by atoms with Crippen LogP contribution >= 0.6 is 0 Å². The minimum absolute atomic E-state index is 0.0936. The molecular formula is C13H17NO4. The van der Waals surface area contributed by atoms with Crippen molar-refractivity contribution >= 4 is 11.9 Å². The highest BCUT2D eigenvalue weighted by atomic mass is 16.5. The Bertz CT molecular complexity index is 431. The second-order valence-electron chi connectivity index (χ2n) is 4.92. The van der Waals surface area contributed by atoms with Crippen molar-refractivity contribution in [1.82, 2.24) is 5.32 Å². The SMILES string of the molecule is CC(C)(C)NC(=O)COc1ccc(C(=O)O)cc1. The van der Waals surface area contributed by atoms with Gasteiger partial charge in [-0.25, -0.2) is 4.79 Å². The molecule has 0 aliphatic carbocycles. The monoisotopic (exact) mass is 251 g/mol. The molecule has 2 N–H and O–H groups in total. The van der Waals surface area contributed by atoms with Crippen molar-refractivity contribution in [2.45, 2.75) is 26.3 Å². The summed E-state index contributed by atoms with van der Waals surface area (Å²) in [4.78, 5) is 22.1. The van der Waals surface area contributed by atoms with E-state index in [9.17, 15) is 9.59 Å². The fourth-order valence-electron chi connectivity index (χ4n) is 1.30. The standard InChI is InChI=1S/C13H17NO4/c1-13(2,3)14-11(15)8-18-10-6-4-9(5-7-10)12(16)17/h4-7H,8H2,1-3H3,(H,14,15)(H,16,17). The highest BCUT2D eigenvalue weighted by Gasteiger charge is 2.13. The molecule has 0 heterocycles. The van der Waals surface area contributed by atoms with Gasteiger partial charge in [-0.1, -0.05) is 0 Å². The highest BCUT2D eigenvalue weighted by molar-refractivity contribution is 5.87. The molecule has 0 aliphatic rings. The second kappa shape index (κ2) is 5.53. The summed E-state index contributed by atoms with van der Waals surface area (Å²) >= 11 is 0. The van der Waals surface area contributed by atoms with Gasteiger partial charge in [-0.05, 0) is 45.0 Å². The Morgan fingerprint density at radius 2 is 1.78 bits per heavy atom. The van der Waals surface area contributed by atoms with Crippen molar-refractivity contribution in [3.8, 4) is 5.75 Å². The number of rotatable bonds is 4.